The zero-order valence-corrected chi connectivity index (χ0v) is 15.4. The van der Waals surface area contributed by atoms with Gasteiger partial charge in [-0.25, -0.2) is 0 Å². The van der Waals surface area contributed by atoms with Crippen molar-refractivity contribution in [3.05, 3.63) is 34.9 Å². The highest BCUT2D eigenvalue weighted by atomic mass is 16.2. The van der Waals surface area contributed by atoms with Gasteiger partial charge in [0.05, 0.1) is 11.1 Å². The maximum Gasteiger partial charge on any atom is 0.262 e. The zero-order chi connectivity index (χ0) is 19.6. The van der Waals surface area contributed by atoms with Gasteiger partial charge < -0.3 is 5.73 Å². The van der Waals surface area contributed by atoms with Gasteiger partial charge in [0.15, 0.2) is 0 Å². The molecule has 0 radical (unpaired) electrons. The highest BCUT2D eigenvalue weighted by Crippen LogP contribution is 2.50. The molecule has 2 bridgehead atoms. The van der Waals surface area contributed by atoms with Crippen LogP contribution in [0.5, 0.6) is 0 Å². The first-order valence-electron chi connectivity index (χ1n) is 9.72. The molecule has 1 aliphatic carbocycles. The van der Waals surface area contributed by atoms with Crippen LogP contribution in [0.15, 0.2) is 18.2 Å². The minimum Gasteiger partial charge on any atom is -0.329 e. The molecule has 6 rings (SSSR count). The number of amides is 4. The van der Waals surface area contributed by atoms with Crippen LogP contribution in [0, 0.1) is 5.92 Å². The second kappa shape index (κ2) is 5.96. The van der Waals surface area contributed by atoms with E-state index in [1.54, 1.807) is 12.1 Å². The number of rotatable bonds is 4. The molecule has 3 saturated heterocycles. The number of piperidine rings is 1. The van der Waals surface area contributed by atoms with Crippen LogP contribution in [-0.2, 0) is 16.1 Å². The van der Waals surface area contributed by atoms with Gasteiger partial charge in [0.2, 0.25) is 11.8 Å². The summed E-state index contributed by atoms with van der Waals surface area (Å²) in [6, 6.07) is 4.35. The van der Waals surface area contributed by atoms with Gasteiger partial charge in [0, 0.05) is 31.6 Å². The molecule has 1 aromatic rings. The summed E-state index contributed by atoms with van der Waals surface area (Å²) in [5.41, 5.74) is 7.55. The smallest absolute Gasteiger partial charge is 0.262 e. The van der Waals surface area contributed by atoms with E-state index in [2.05, 4.69) is 10.2 Å². The van der Waals surface area contributed by atoms with Gasteiger partial charge in [-0.2, -0.15) is 0 Å². The topological polar surface area (TPSA) is 113 Å². The van der Waals surface area contributed by atoms with E-state index in [0.717, 1.165) is 29.8 Å². The Morgan fingerprint density at radius 3 is 2.64 bits per heavy atom. The number of benzene rings is 1. The van der Waals surface area contributed by atoms with Gasteiger partial charge in [-0.3, -0.25) is 34.3 Å². The van der Waals surface area contributed by atoms with E-state index >= 15 is 0 Å². The van der Waals surface area contributed by atoms with E-state index in [1.165, 1.54) is 0 Å². The maximum atomic E-state index is 13.2. The summed E-state index contributed by atoms with van der Waals surface area (Å²) in [4.78, 5) is 53.1. The fourth-order valence-electron chi connectivity index (χ4n) is 5.36. The molecule has 4 amide bonds. The van der Waals surface area contributed by atoms with Crippen LogP contribution in [0.2, 0.25) is 0 Å². The zero-order valence-electron chi connectivity index (χ0n) is 15.4. The molecule has 1 saturated carbocycles. The minimum absolute atomic E-state index is 0.0162. The predicted octanol–water partition coefficient (Wildman–Crippen LogP) is 0.0109. The Kier molecular flexibility index (Phi) is 3.73. The summed E-state index contributed by atoms with van der Waals surface area (Å²) < 4.78 is 0. The summed E-state index contributed by atoms with van der Waals surface area (Å²) in [5, 5.41) is 2.23. The van der Waals surface area contributed by atoms with Crippen molar-refractivity contribution in [1.29, 1.82) is 0 Å². The third kappa shape index (κ3) is 2.31. The third-order valence-electron chi connectivity index (χ3n) is 6.78. The van der Waals surface area contributed by atoms with Crippen LogP contribution in [0.4, 0.5) is 0 Å². The first kappa shape index (κ1) is 17.5. The summed E-state index contributed by atoms with van der Waals surface area (Å²) in [7, 11) is 0. The van der Waals surface area contributed by atoms with Crippen molar-refractivity contribution in [2.24, 2.45) is 11.7 Å². The molecule has 0 aromatic heterocycles. The number of fused-ring (bicyclic) bond motifs is 2. The molecule has 1 atom stereocenters. The van der Waals surface area contributed by atoms with Gasteiger partial charge in [0.1, 0.15) is 6.04 Å². The lowest BCUT2D eigenvalue weighted by atomic mass is 9.73. The SMILES string of the molecule is NCC12CC(CN1Cc1cccc3c1C(=O)N(C1CCC(=O)NC1=O)C3=O)C2. The molecule has 8 nitrogen and oxygen atoms in total. The van der Waals surface area contributed by atoms with E-state index in [4.69, 9.17) is 5.73 Å². The van der Waals surface area contributed by atoms with E-state index < -0.39 is 23.8 Å². The van der Waals surface area contributed by atoms with Gasteiger partial charge in [-0.1, -0.05) is 12.1 Å². The summed E-state index contributed by atoms with van der Waals surface area (Å²) in [5.74, 6) is -1.21. The average Bonchev–Trinajstić information content (AvgIpc) is 3.24. The largest absolute Gasteiger partial charge is 0.329 e. The molecule has 4 aliphatic heterocycles. The number of nitrogens with two attached hydrogens (primary N) is 1. The lowest BCUT2D eigenvalue weighted by molar-refractivity contribution is -0.136. The second-order valence-electron chi connectivity index (χ2n) is 8.37. The highest BCUT2D eigenvalue weighted by Gasteiger charge is 2.55. The molecular formula is C20H22N4O4. The van der Waals surface area contributed by atoms with Crippen molar-refractivity contribution in [3.63, 3.8) is 0 Å². The molecule has 5 aliphatic rings. The Bertz CT molecular complexity index is 921. The maximum absolute atomic E-state index is 13.2. The molecule has 28 heavy (non-hydrogen) atoms. The first-order chi connectivity index (χ1) is 13.4. The molecule has 0 spiro atoms. The van der Waals surface area contributed by atoms with Gasteiger partial charge in [0.25, 0.3) is 11.8 Å². The molecule has 1 aromatic carbocycles. The fraction of sp³-hybridized carbons (Fsp3) is 0.500. The Morgan fingerprint density at radius 1 is 1.14 bits per heavy atom. The van der Waals surface area contributed by atoms with E-state index in [0.29, 0.717) is 30.1 Å². The van der Waals surface area contributed by atoms with Crippen LogP contribution in [0.1, 0.15) is 52.0 Å². The lowest BCUT2D eigenvalue weighted by Crippen LogP contribution is -2.54. The fourth-order valence-corrected chi connectivity index (χ4v) is 5.36. The minimum atomic E-state index is -0.937. The summed E-state index contributed by atoms with van der Waals surface area (Å²) >= 11 is 0. The highest BCUT2D eigenvalue weighted by molar-refractivity contribution is 6.24. The van der Waals surface area contributed by atoms with Crippen molar-refractivity contribution in [2.75, 3.05) is 13.1 Å². The molecular weight excluding hydrogens is 360 g/mol. The predicted molar refractivity (Wildman–Crippen MR) is 98.0 cm³/mol. The van der Waals surface area contributed by atoms with E-state index in [1.807, 2.05) is 6.07 Å². The number of nitrogens with one attached hydrogen (secondary N) is 1. The molecule has 4 heterocycles. The first-order valence-corrected chi connectivity index (χ1v) is 9.72. The summed E-state index contributed by atoms with van der Waals surface area (Å²) in [6.45, 7) is 2.12. The van der Waals surface area contributed by atoms with Gasteiger partial charge in [-0.15, -0.1) is 0 Å². The Labute approximate surface area is 162 Å². The van der Waals surface area contributed by atoms with Crippen molar-refractivity contribution in [2.45, 2.75) is 43.8 Å². The van der Waals surface area contributed by atoms with E-state index in [9.17, 15) is 19.2 Å². The monoisotopic (exact) mass is 382 g/mol. The van der Waals surface area contributed by atoms with Crippen molar-refractivity contribution in [3.8, 4) is 0 Å². The number of hydrogen-bond donors (Lipinski definition) is 2. The lowest BCUT2D eigenvalue weighted by Gasteiger charge is -2.41. The molecule has 4 fully saturated rings. The molecule has 146 valence electrons. The third-order valence-corrected chi connectivity index (χ3v) is 6.78. The number of carbonyl (C=O) groups excluding carboxylic acids is 4. The van der Waals surface area contributed by atoms with Crippen molar-refractivity contribution in [1.82, 2.24) is 15.1 Å². The van der Waals surface area contributed by atoms with Crippen molar-refractivity contribution < 1.29 is 19.2 Å². The Balaban J connectivity index is 1.45. The second-order valence-corrected chi connectivity index (χ2v) is 8.37. The van der Waals surface area contributed by atoms with Crippen molar-refractivity contribution >= 4 is 23.6 Å². The number of nitrogens with zero attached hydrogens (tertiary/aromatic N) is 2. The van der Waals surface area contributed by atoms with Crippen LogP contribution >= 0.6 is 0 Å². The molecule has 3 N–H and O–H groups in total. The number of hydrogen-bond acceptors (Lipinski definition) is 6. The van der Waals surface area contributed by atoms with Crippen LogP contribution in [-0.4, -0.2) is 58.1 Å². The number of imide groups is 2. The quantitative estimate of drug-likeness (QED) is 0.710. The van der Waals surface area contributed by atoms with Crippen LogP contribution < -0.4 is 11.1 Å². The van der Waals surface area contributed by atoms with Crippen LogP contribution in [0.25, 0.3) is 0 Å². The van der Waals surface area contributed by atoms with Gasteiger partial charge in [-0.05, 0) is 36.8 Å². The standard InChI is InChI=1S/C20H22N4O4/c21-10-20-6-11(7-20)8-23(20)9-12-2-1-3-13-16(12)19(28)24(18(13)27)14-4-5-15(25)22-17(14)26/h1-3,11,14H,4-10,21H2,(H,22,25,26). The Hall–Kier alpha value is -2.58. The van der Waals surface area contributed by atoms with E-state index in [-0.39, 0.29) is 24.3 Å². The van der Waals surface area contributed by atoms with Gasteiger partial charge >= 0.3 is 0 Å². The normalized spacial score (nSPS) is 31.8. The number of carbonyl (C=O) groups is 4. The average molecular weight is 382 g/mol. The summed E-state index contributed by atoms with van der Waals surface area (Å²) in [6.07, 6.45) is 2.46. The Morgan fingerprint density at radius 2 is 1.93 bits per heavy atom. The molecule has 8 heteroatoms. The molecule has 1 unspecified atom stereocenters. The van der Waals surface area contributed by atoms with Crippen LogP contribution in [0.3, 0.4) is 0 Å².